The molecule has 5 nitrogen and oxygen atoms in total. The van der Waals surface area contributed by atoms with Crippen molar-refractivity contribution in [2.75, 3.05) is 0 Å². The Labute approximate surface area is 172 Å². The Morgan fingerprint density at radius 2 is 1.59 bits per heavy atom. The second-order valence-corrected chi connectivity index (χ2v) is 9.00. The monoisotopic (exact) mass is 387 g/mol. The first-order valence-corrected chi connectivity index (χ1v) is 10.2. The summed E-state index contributed by atoms with van der Waals surface area (Å²) in [6.07, 6.45) is 0.890. The number of nitrogens with zero attached hydrogens (tertiary/aromatic N) is 3. The Morgan fingerprint density at radius 1 is 0.931 bits per heavy atom. The van der Waals surface area contributed by atoms with Gasteiger partial charge in [-0.15, -0.1) is 10.2 Å². The number of aromatic amines is 1. The average molecular weight is 388 g/mol. The van der Waals surface area contributed by atoms with Crippen LogP contribution in [0.1, 0.15) is 56.5 Å². The van der Waals surface area contributed by atoms with E-state index in [0.29, 0.717) is 0 Å². The van der Waals surface area contributed by atoms with Gasteiger partial charge in [-0.2, -0.15) is 5.21 Å². The zero-order valence-electron chi connectivity index (χ0n) is 17.6. The molecule has 1 aromatic heterocycles. The van der Waals surface area contributed by atoms with Crippen LogP contribution < -0.4 is 5.32 Å². The Kier molecular flexibility index (Phi) is 5.22. The second-order valence-electron chi connectivity index (χ2n) is 9.00. The van der Waals surface area contributed by atoms with Crippen LogP contribution >= 0.6 is 0 Å². The highest BCUT2D eigenvalue weighted by atomic mass is 15.5. The normalized spacial score (nSPS) is 22.4. The van der Waals surface area contributed by atoms with Gasteiger partial charge in [0, 0.05) is 24.1 Å². The van der Waals surface area contributed by atoms with Gasteiger partial charge in [-0.25, -0.2) is 0 Å². The lowest BCUT2D eigenvalue weighted by Crippen LogP contribution is -2.50. The summed E-state index contributed by atoms with van der Waals surface area (Å²) in [7, 11) is 0. The molecule has 2 N–H and O–H groups in total. The van der Waals surface area contributed by atoms with Crippen molar-refractivity contribution in [2.24, 2.45) is 5.41 Å². The highest BCUT2D eigenvalue weighted by molar-refractivity contribution is 5.40. The van der Waals surface area contributed by atoms with Crippen molar-refractivity contribution in [1.82, 2.24) is 25.9 Å². The van der Waals surface area contributed by atoms with Crippen molar-refractivity contribution in [3.63, 3.8) is 0 Å². The number of benzene rings is 2. The van der Waals surface area contributed by atoms with E-state index in [4.69, 9.17) is 0 Å². The van der Waals surface area contributed by atoms with Crippen LogP contribution in [0.5, 0.6) is 0 Å². The minimum atomic E-state index is 0.0148. The van der Waals surface area contributed by atoms with E-state index in [0.717, 1.165) is 12.2 Å². The standard InChI is InChI=1S/C24H29N5/c1-16-19(15-17-11-7-5-8-12-17)25-22(24(2,3)4)21(23-26-28-29-27-23)20(16)18-13-9-6-10-14-18/h5-14,20-22,25H,15H2,1-4H3,(H,26,27,28,29). The average Bonchev–Trinajstić information content (AvgIpc) is 3.24. The van der Waals surface area contributed by atoms with E-state index < -0.39 is 0 Å². The van der Waals surface area contributed by atoms with Gasteiger partial charge in [0.05, 0.1) is 5.92 Å². The highest BCUT2D eigenvalue weighted by Crippen LogP contribution is 2.47. The van der Waals surface area contributed by atoms with Gasteiger partial charge in [0.25, 0.3) is 0 Å². The molecule has 3 unspecified atom stereocenters. The number of tetrazole rings is 1. The Hall–Kier alpha value is -2.95. The van der Waals surface area contributed by atoms with Gasteiger partial charge in [-0.1, -0.05) is 86.6 Å². The lowest BCUT2D eigenvalue weighted by atomic mass is 9.66. The second kappa shape index (κ2) is 7.82. The topological polar surface area (TPSA) is 66.5 Å². The molecule has 0 spiro atoms. The number of aromatic nitrogens is 4. The summed E-state index contributed by atoms with van der Waals surface area (Å²) in [5, 5.41) is 19.3. The molecule has 0 radical (unpaired) electrons. The predicted octanol–water partition coefficient (Wildman–Crippen LogP) is 4.60. The minimum absolute atomic E-state index is 0.0148. The SMILES string of the molecule is CC1=C(Cc2ccccc2)NC(C(C)(C)C)C(c2nn[nH]n2)C1c1ccccc1. The maximum Gasteiger partial charge on any atom is 0.180 e. The third-order valence-electron chi connectivity index (χ3n) is 5.97. The molecule has 1 aliphatic rings. The first kappa shape index (κ1) is 19.4. The number of hydrogen-bond acceptors (Lipinski definition) is 4. The zero-order valence-corrected chi connectivity index (χ0v) is 17.6. The van der Waals surface area contributed by atoms with E-state index in [-0.39, 0.29) is 23.3 Å². The molecule has 3 aromatic rings. The fourth-order valence-electron chi connectivity index (χ4n) is 4.51. The molecular formula is C24H29N5. The van der Waals surface area contributed by atoms with Crippen LogP contribution in [0.15, 0.2) is 71.9 Å². The lowest BCUT2D eigenvalue weighted by molar-refractivity contribution is 0.213. The first-order valence-electron chi connectivity index (χ1n) is 10.2. The molecule has 4 rings (SSSR count). The van der Waals surface area contributed by atoms with Gasteiger partial charge in [0.2, 0.25) is 0 Å². The van der Waals surface area contributed by atoms with Gasteiger partial charge in [0.15, 0.2) is 5.82 Å². The maximum atomic E-state index is 4.41. The lowest BCUT2D eigenvalue weighted by Gasteiger charge is -2.46. The molecule has 0 aliphatic carbocycles. The van der Waals surface area contributed by atoms with Crippen molar-refractivity contribution in [3.05, 3.63) is 88.9 Å². The van der Waals surface area contributed by atoms with E-state index in [2.05, 4.69) is 114 Å². The Morgan fingerprint density at radius 3 is 2.17 bits per heavy atom. The fraction of sp³-hybridized carbons (Fsp3) is 0.375. The van der Waals surface area contributed by atoms with Crippen LogP contribution in [-0.2, 0) is 6.42 Å². The molecule has 1 aliphatic heterocycles. The van der Waals surface area contributed by atoms with Crippen molar-refractivity contribution in [2.45, 2.75) is 52.0 Å². The summed E-state index contributed by atoms with van der Waals surface area (Å²) in [4.78, 5) is 0. The number of rotatable bonds is 4. The number of nitrogens with one attached hydrogen (secondary N) is 2. The van der Waals surface area contributed by atoms with Crippen molar-refractivity contribution in [1.29, 1.82) is 0 Å². The van der Waals surface area contributed by atoms with Crippen LogP contribution in [0, 0.1) is 5.41 Å². The fourth-order valence-corrected chi connectivity index (χ4v) is 4.51. The minimum Gasteiger partial charge on any atom is -0.384 e. The van der Waals surface area contributed by atoms with Crippen molar-refractivity contribution >= 4 is 0 Å². The molecule has 5 heteroatoms. The molecule has 29 heavy (non-hydrogen) atoms. The van der Waals surface area contributed by atoms with Gasteiger partial charge in [-0.3, -0.25) is 0 Å². The molecule has 0 bridgehead atoms. The molecule has 2 aromatic carbocycles. The first-order chi connectivity index (χ1) is 13.9. The van der Waals surface area contributed by atoms with E-state index >= 15 is 0 Å². The molecule has 0 amide bonds. The van der Waals surface area contributed by atoms with Crippen molar-refractivity contribution in [3.8, 4) is 0 Å². The maximum absolute atomic E-state index is 4.41. The molecule has 0 fully saturated rings. The molecule has 3 atom stereocenters. The summed E-state index contributed by atoms with van der Waals surface area (Å²) < 4.78 is 0. The van der Waals surface area contributed by atoms with Crippen LogP contribution in [-0.4, -0.2) is 26.7 Å². The van der Waals surface area contributed by atoms with Crippen LogP contribution in [0.3, 0.4) is 0 Å². The third-order valence-corrected chi connectivity index (χ3v) is 5.97. The molecule has 2 heterocycles. The molecular weight excluding hydrogens is 358 g/mol. The van der Waals surface area contributed by atoms with E-state index in [1.165, 1.54) is 22.4 Å². The van der Waals surface area contributed by atoms with E-state index in [1.54, 1.807) is 0 Å². The Balaban J connectivity index is 1.85. The predicted molar refractivity (Wildman–Crippen MR) is 115 cm³/mol. The van der Waals surface area contributed by atoms with Gasteiger partial charge >= 0.3 is 0 Å². The summed E-state index contributed by atoms with van der Waals surface area (Å²) in [5.41, 5.74) is 5.26. The number of H-pyrrole nitrogens is 1. The quantitative estimate of drug-likeness (QED) is 0.686. The van der Waals surface area contributed by atoms with Crippen LogP contribution in [0.2, 0.25) is 0 Å². The van der Waals surface area contributed by atoms with Crippen LogP contribution in [0.4, 0.5) is 0 Å². The molecule has 150 valence electrons. The third kappa shape index (κ3) is 3.95. The van der Waals surface area contributed by atoms with Gasteiger partial charge in [0.1, 0.15) is 0 Å². The molecule has 0 saturated carbocycles. The summed E-state index contributed by atoms with van der Waals surface area (Å²) in [5.74, 6) is 1.05. The number of hydrogen-bond donors (Lipinski definition) is 2. The van der Waals surface area contributed by atoms with Crippen molar-refractivity contribution < 1.29 is 0 Å². The zero-order chi connectivity index (χ0) is 20.4. The Bertz CT molecular complexity index is 956. The molecule has 0 saturated heterocycles. The highest BCUT2D eigenvalue weighted by Gasteiger charge is 2.45. The summed E-state index contributed by atoms with van der Waals surface area (Å²) in [6.45, 7) is 9.08. The summed E-state index contributed by atoms with van der Waals surface area (Å²) in [6, 6.07) is 21.6. The smallest absolute Gasteiger partial charge is 0.180 e. The van der Waals surface area contributed by atoms with Gasteiger partial charge < -0.3 is 5.32 Å². The largest absolute Gasteiger partial charge is 0.384 e. The van der Waals surface area contributed by atoms with E-state index in [1.807, 2.05) is 0 Å². The van der Waals surface area contributed by atoms with Crippen LogP contribution in [0.25, 0.3) is 0 Å². The van der Waals surface area contributed by atoms with Gasteiger partial charge in [-0.05, 0) is 29.0 Å². The number of allylic oxidation sites excluding steroid dienone is 2. The summed E-state index contributed by atoms with van der Waals surface area (Å²) >= 11 is 0. The van der Waals surface area contributed by atoms with E-state index in [9.17, 15) is 0 Å².